The topological polar surface area (TPSA) is 80.3 Å². The first kappa shape index (κ1) is 27.6. The molecule has 0 unspecified atom stereocenters. The van der Waals surface area contributed by atoms with Gasteiger partial charge in [0.2, 0.25) is 10.0 Å². The third-order valence-electron chi connectivity index (χ3n) is 3.83. The molecule has 2 aromatic rings. The second-order valence-electron chi connectivity index (χ2n) is 5.59. The lowest BCUT2D eigenvalue weighted by atomic mass is 10.0. The van der Waals surface area contributed by atoms with E-state index in [4.69, 9.17) is 27.9 Å². The number of halogens is 5. The van der Waals surface area contributed by atoms with Gasteiger partial charge < -0.3 is 10.1 Å². The summed E-state index contributed by atoms with van der Waals surface area (Å²) in [6.45, 7) is 1.50. The maximum Gasteiger partial charge on any atom is 0.242 e. The van der Waals surface area contributed by atoms with Crippen LogP contribution in [0.3, 0.4) is 0 Å². The van der Waals surface area contributed by atoms with Gasteiger partial charge in [-0.1, -0.05) is 29.3 Å². The third kappa shape index (κ3) is 6.86. The molecular formula is C16H20Cl5N3O3S. The molecular weight excluding hydrogens is 492 g/mol. The van der Waals surface area contributed by atoms with E-state index < -0.39 is 22.2 Å². The second kappa shape index (κ2) is 12.4. The molecule has 1 fully saturated rings. The smallest absolute Gasteiger partial charge is 0.242 e. The summed E-state index contributed by atoms with van der Waals surface area (Å²) in [4.78, 5) is 3.97. The molecule has 1 saturated heterocycles. The number of hydrogen-bond donors (Lipinski definition) is 2. The maximum absolute atomic E-state index is 12.6. The zero-order chi connectivity index (χ0) is 17.9. The van der Waals surface area contributed by atoms with Crippen LogP contribution in [0.2, 0.25) is 10.0 Å². The van der Waals surface area contributed by atoms with Crippen LogP contribution in [-0.4, -0.2) is 39.1 Å². The summed E-state index contributed by atoms with van der Waals surface area (Å²) in [6.07, 6.45) is 2.34. The number of sulfonamides is 1. The van der Waals surface area contributed by atoms with E-state index >= 15 is 0 Å². The van der Waals surface area contributed by atoms with E-state index in [2.05, 4.69) is 15.0 Å². The number of ether oxygens (including phenoxy) is 1. The third-order valence-corrected chi connectivity index (χ3v) is 6.04. The lowest BCUT2D eigenvalue weighted by Crippen LogP contribution is -2.44. The molecule has 158 valence electrons. The summed E-state index contributed by atoms with van der Waals surface area (Å²) in [5.41, 5.74) is 0.761. The molecule has 0 amide bonds. The van der Waals surface area contributed by atoms with Gasteiger partial charge in [-0.15, -0.1) is 37.2 Å². The molecule has 2 heterocycles. The van der Waals surface area contributed by atoms with Gasteiger partial charge in [-0.25, -0.2) is 13.1 Å². The predicted molar refractivity (Wildman–Crippen MR) is 118 cm³/mol. The number of pyridine rings is 1. The fourth-order valence-corrected chi connectivity index (χ4v) is 4.14. The second-order valence-corrected chi connectivity index (χ2v) is 8.11. The summed E-state index contributed by atoms with van der Waals surface area (Å²) >= 11 is 12.1. The van der Waals surface area contributed by atoms with Crippen molar-refractivity contribution < 1.29 is 13.2 Å². The minimum Gasteiger partial charge on any atom is -0.370 e. The molecule has 1 aliphatic heterocycles. The molecule has 28 heavy (non-hydrogen) atoms. The van der Waals surface area contributed by atoms with Gasteiger partial charge in [-0.3, -0.25) is 4.98 Å². The number of aromatic nitrogens is 1. The van der Waals surface area contributed by atoms with Crippen molar-refractivity contribution in [3.8, 4) is 0 Å². The molecule has 1 aromatic carbocycles. The summed E-state index contributed by atoms with van der Waals surface area (Å²) in [5, 5.41) is 4.00. The number of nitrogens with one attached hydrogen (secondary N) is 2. The fourth-order valence-electron chi connectivity index (χ4n) is 2.63. The van der Waals surface area contributed by atoms with Crippen molar-refractivity contribution in [3.05, 3.63) is 58.3 Å². The van der Waals surface area contributed by atoms with Crippen molar-refractivity contribution in [2.45, 2.75) is 17.0 Å². The van der Waals surface area contributed by atoms with E-state index in [-0.39, 0.29) is 42.1 Å². The number of hydrogen-bond acceptors (Lipinski definition) is 5. The zero-order valence-electron chi connectivity index (χ0n) is 14.4. The standard InChI is InChI=1S/C16H17Cl2N3O3S.3ClH/c17-13-4-3-11(8-14(13)18)16-15(10-20-6-7-24-16)21-25(22,23)12-2-1-5-19-9-12;;;/h1-5,8-9,15-16,20-21H,6-7,10H2;3*1H/t15-,16+;;;/m1.../s1. The molecule has 0 spiro atoms. The van der Waals surface area contributed by atoms with Gasteiger partial charge in [0, 0.05) is 25.5 Å². The van der Waals surface area contributed by atoms with E-state index in [1.165, 1.54) is 18.5 Å². The van der Waals surface area contributed by atoms with Crippen molar-refractivity contribution in [1.82, 2.24) is 15.0 Å². The van der Waals surface area contributed by atoms with E-state index in [1.807, 2.05) is 0 Å². The molecule has 6 nitrogen and oxygen atoms in total. The minimum atomic E-state index is -3.73. The lowest BCUT2D eigenvalue weighted by Gasteiger charge is -2.26. The quantitative estimate of drug-likeness (QED) is 0.655. The van der Waals surface area contributed by atoms with Gasteiger partial charge in [0.25, 0.3) is 0 Å². The highest BCUT2D eigenvalue weighted by Crippen LogP contribution is 2.30. The van der Waals surface area contributed by atoms with Crippen LogP contribution in [0.4, 0.5) is 0 Å². The zero-order valence-corrected chi connectivity index (χ0v) is 19.2. The van der Waals surface area contributed by atoms with Crippen molar-refractivity contribution in [2.75, 3.05) is 19.7 Å². The number of rotatable bonds is 4. The fraction of sp³-hybridized carbons (Fsp3) is 0.312. The molecule has 1 aromatic heterocycles. The molecule has 2 atom stereocenters. The van der Waals surface area contributed by atoms with Crippen molar-refractivity contribution in [3.63, 3.8) is 0 Å². The minimum absolute atomic E-state index is 0. The van der Waals surface area contributed by atoms with Crippen LogP contribution >= 0.6 is 60.4 Å². The summed E-state index contributed by atoms with van der Waals surface area (Å²) in [7, 11) is -3.73. The van der Waals surface area contributed by atoms with Crippen LogP contribution in [0, 0.1) is 0 Å². The van der Waals surface area contributed by atoms with Crippen LogP contribution < -0.4 is 10.0 Å². The van der Waals surface area contributed by atoms with Gasteiger partial charge in [0.1, 0.15) is 11.0 Å². The Morgan fingerprint density at radius 2 is 1.89 bits per heavy atom. The Bertz CT molecular complexity index is 843. The molecule has 1 aliphatic rings. The summed E-state index contributed by atoms with van der Waals surface area (Å²) in [5.74, 6) is 0. The van der Waals surface area contributed by atoms with Crippen LogP contribution in [-0.2, 0) is 14.8 Å². The SMILES string of the molecule is Cl.Cl.Cl.O=S(=O)(N[C@@H]1CNCCO[C@H]1c1ccc(Cl)c(Cl)c1)c1cccnc1. The molecule has 2 N–H and O–H groups in total. The molecule has 0 bridgehead atoms. The lowest BCUT2D eigenvalue weighted by molar-refractivity contribution is 0.0493. The summed E-state index contributed by atoms with van der Waals surface area (Å²) in [6, 6.07) is 7.72. The maximum atomic E-state index is 12.6. The Balaban J connectivity index is 0.00000243. The first-order valence-electron chi connectivity index (χ1n) is 7.67. The number of benzene rings is 1. The van der Waals surface area contributed by atoms with Gasteiger partial charge >= 0.3 is 0 Å². The van der Waals surface area contributed by atoms with E-state index in [0.29, 0.717) is 29.7 Å². The van der Waals surface area contributed by atoms with Crippen molar-refractivity contribution >= 4 is 70.4 Å². The number of nitrogens with zero attached hydrogens (tertiary/aromatic N) is 1. The summed E-state index contributed by atoms with van der Waals surface area (Å²) < 4.78 is 33.8. The van der Waals surface area contributed by atoms with E-state index in [9.17, 15) is 8.42 Å². The van der Waals surface area contributed by atoms with Crippen molar-refractivity contribution in [2.24, 2.45) is 0 Å². The normalized spacial score (nSPS) is 19.4. The van der Waals surface area contributed by atoms with Gasteiger partial charge in [0.05, 0.1) is 22.7 Å². The largest absolute Gasteiger partial charge is 0.370 e. The highest BCUT2D eigenvalue weighted by Gasteiger charge is 2.31. The molecule has 0 saturated carbocycles. The Kier molecular flexibility index (Phi) is 12.2. The average Bonchev–Trinajstić information content (AvgIpc) is 2.83. The van der Waals surface area contributed by atoms with Gasteiger partial charge in [0.15, 0.2) is 0 Å². The molecule has 0 radical (unpaired) electrons. The Labute approximate surface area is 193 Å². The highest BCUT2D eigenvalue weighted by molar-refractivity contribution is 7.89. The Hall–Kier alpha value is -0.350. The van der Waals surface area contributed by atoms with Gasteiger partial charge in [-0.2, -0.15) is 0 Å². The predicted octanol–water partition coefficient (Wildman–Crippen LogP) is 3.66. The van der Waals surface area contributed by atoms with Gasteiger partial charge in [-0.05, 0) is 29.8 Å². The molecule has 3 rings (SSSR count). The highest BCUT2D eigenvalue weighted by atomic mass is 35.5. The first-order chi connectivity index (χ1) is 12.0. The Morgan fingerprint density at radius 1 is 1.14 bits per heavy atom. The van der Waals surface area contributed by atoms with E-state index in [1.54, 1.807) is 24.3 Å². The average molecular weight is 512 g/mol. The van der Waals surface area contributed by atoms with Crippen molar-refractivity contribution in [1.29, 1.82) is 0 Å². The van der Waals surface area contributed by atoms with Crippen LogP contribution in [0.5, 0.6) is 0 Å². The molecule has 12 heteroatoms. The van der Waals surface area contributed by atoms with Crippen LogP contribution in [0.1, 0.15) is 11.7 Å². The molecule has 0 aliphatic carbocycles. The first-order valence-corrected chi connectivity index (χ1v) is 9.91. The van der Waals surface area contributed by atoms with Crippen LogP contribution in [0.15, 0.2) is 47.6 Å². The van der Waals surface area contributed by atoms with Crippen LogP contribution in [0.25, 0.3) is 0 Å². The van der Waals surface area contributed by atoms with E-state index in [0.717, 1.165) is 5.56 Å². The monoisotopic (exact) mass is 509 g/mol. The Morgan fingerprint density at radius 3 is 2.54 bits per heavy atom.